The van der Waals surface area contributed by atoms with Crippen LogP contribution < -0.4 is 14.8 Å². The number of hydrogen-bond acceptors (Lipinski definition) is 6. The molecule has 0 aliphatic heterocycles. The fraction of sp³-hybridized carbons (Fsp3) is 0.130. The van der Waals surface area contributed by atoms with Gasteiger partial charge in [0.1, 0.15) is 24.5 Å². The Morgan fingerprint density at radius 2 is 1.79 bits per heavy atom. The molecule has 0 aliphatic rings. The first-order valence-electron chi connectivity index (χ1n) is 9.20. The van der Waals surface area contributed by atoms with Crippen LogP contribution in [0.5, 0.6) is 17.2 Å². The topological polar surface area (TPSA) is 76.5 Å². The summed E-state index contributed by atoms with van der Waals surface area (Å²) in [4.78, 5) is 8.72. The van der Waals surface area contributed by atoms with Gasteiger partial charge in [0.25, 0.3) is 0 Å². The molecule has 3 aromatic carbocycles. The second kappa shape index (κ2) is 8.06. The van der Waals surface area contributed by atoms with Crippen LogP contribution >= 0.6 is 0 Å². The summed E-state index contributed by atoms with van der Waals surface area (Å²) in [5.74, 6) is 2.05. The van der Waals surface area contributed by atoms with Crippen molar-refractivity contribution in [3.63, 3.8) is 0 Å². The smallest absolute Gasteiger partial charge is 0.163 e. The van der Waals surface area contributed by atoms with E-state index >= 15 is 0 Å². The van der Waals surface area contributed by atoms with Crippen LogP contribution in [0, 0.1) is 6.92 Å². The van der Waals surface area contributed by atoms with Crippen LogP contribution in [0.3, 0.4) is 0 Å². The minimum atomic E-state index is 0.225. The Morgan fingerprint density at radius 1 is 0.966 bits per heavy atom. The first-order chi connectivity index (χ1) is 14.1. The lowest BCUT2D eigenvalue weighted by atomic mass is 10.2. The Kier molecular flexibility index (Phi) is 5.16. The van der Waals surface area contributed by atoms with Gasteiger partial charge < -0.3 is 19.9 Å². The van der Waals surface area contributed by atoms with Crippen LogP contribution in [0.1, 0.15) is 11.1 Å². The number of nitrogens with one attached hydrogen (secondary N) is 1. The number of fused-ring (bicyclic) bond motifs is 1. The van der Waals surface area contributed by atoms with Gasteiger partial charge in [0.15, 0.2) is 11.5 Å². The maximum Gasteiger partial charge on any atom is 0.163 e. The lowest BCUT2D eigenvalue weighted by Gasteiger charge is -2.14. The van der Waals surface area contributed by atoms with Gasteiger partial charge in [0.05, 0.1) is 12.6 Å². The van der Waals surface area contributed by atoms with Crippen molar-refractivity contribution in [1.29, 1.82) is 0 Å². The van der Waals surface area contributed by atoms with Crippen molar-refractivity contribution in [2.24, 2.45) is 0 Å². The molecule has 29 heavy (non-hydrogen) atoms. The number of phenols is 1. The van der Waals surface area contributed by atoms with Crippen molar-refractivity contribution >= 4 is 22.4 Å². The molecule has 1 heterocycles. The molecule has 0 unspecified atom stereocenters. The van der Waals surface area contributed by atoms with Gasteiger partial charge in [-0.3, -0.25) is 0 Å². The molecule has 1 aromatic heterocycles. The van der Waals surface area contributed by atoms with E-state index in [2.05, 4.69) is 15.3 Å². The van der Waals surface area contributed by atoms with E-state index in [1.54, 1.807) is 13.2 Å². The molecule has 0 radical (unpaired) electrons. The van der Waals surface area contributed by atoms with Crippen molar-refractivity contribution in [3.05, 3.63) is 78.1 Å². The predicted molar refractivity (Wildman–Crippen MR) is 113 cm³/mol. The quantitative estimate of drug-likeness (QED) is 0.486. The van der Waals surface area contributed by atoms with Gasteiger partial charge in [-0.05, 0) is 30.2 Å². The van der Waals surface area contributed by atoms with Crippen LogP contribution in [-0.2, 0) is 6.61 Å². The van der Waals surface area contributed by atoms with Gasteiger partial charge in [0, 0.05) is 23.2 Å². The zero-order valence-corrected chi connectivity index (χ0v) is 16.2. The monoisotopic (exact) mass is 387 g/mol. The SMILES string of the molecule is COc1cc2c(Nc3ccc(C)c(O)c3)ncnc2cc1OCc1ccccc1. The molecule has 0 fully saturated rings. The van der Waals surface area contributed by atoms with E-state index in [1.165, 1.54) is 6.33 Å². The molecule has 0 aliphatic carbocycles. The minimum absolute atomic E-state index is 0.225. The standard InChI is InChI=1S/C23H21N3O3/c1-15-8-9-17(10-20(15)27)26-23-18-11-21(28-2)22(12-19(18)24-14-25-23)29-13-16-6-4-3-5-7-16/h3-12,14,27H,13H2,1-2H3,(H,24,25,26). The van der Waals surface area contributed by atoms with Crippen molar-refractivity contribution in [3.8, 4) is 17.2 Å². The minimum Gasteiger partial charge on any atom is -0.508 e. The molecule has 0 bridgehead atoms. The number of aromatic hydroxyl groups is 1. The van der Waals surface area contributed by atoms with E-state index in [0.29, 0.717) is 23.9 Å². The highest BCUT2D eigenvalue weighted by molar-refractivity contribution is 5.93. The van der Waals surface area contributed by atoms with Crippen LogP contribution in [0.25, 0.3) is 10.9 Å². The summed E-state index contributed by atoms with van der Waals surface area (Å²) in [5, 5.41) is 14.0. The zero-order chi connectivity index (χ0) is 20.2. The summed E-state index contributed by atoms with van der Waals surface area (Å²) in [5.41, 5.74) is 3.34. The molecule has 2 N–H and O–H groups in total. The highest BCUT2D eigenvalue weighted by Crippen LogP contribution is 2.35. The first-order valence-corrected chi connectivity index (χ1v) is 9.20. The summed E-state index contributed by atoms with van der Waals surface area (Å²) in [6.45, 7) is 2.28. The normalized spacial score (nSPS) is 10.7. The lowest BCUT2D eigenvalue weighted by molar-refractivity contribution is 0.285. The summed E-state index contributed by atoms with van der Waals surface area (Å²) in [6, 6.07) is 19.0. The molecule has 4 aromatic rings. The summed E-state index contributed by atoms with van der Waals surface area (Å²) < 4.78 is 11.5. The lowest BCUT2D eigenvalue weighted by Crippen LogP contribution is -2.00. The fourth-order valence-electron chi connectivity index (χ4n) is 3.00. The Hall–Kier alpha value is -3.80. The Bertz CT molecular complexity index is 1150. The average Bonchev–Trinajstić information content (AvgIpc) is 2.75. The summed E-state index contributed by atoms with van der Waals surface area (Å²) >= 11 is 0. The Balaban J connectivity index is 1.66. The number of methoxy groups -OCH3 is 1. The summed E-state index contributed by atoms with van der Waals surface area (Å²) in [7, 11) is 1.60. The second-order valence-corrected chi connectivity index (χ2v) is 6.64. The number of anilines is 2. The van der Waals surface area contributed by atoms with Crippen molar-refractivity contribution < 1.29 is 14.6 Å². The van der Waals surface area contributed by atoms with Gasteiger partial charge >= 0.3 is 0 Å². The third-order valence-electron chi connectivity index (χ3n) is 4.63. The third kappa shape index (κ3) is 4.06. The van der Waals surface area contributed by atoms with Gasteiger partial charge in [-0.2, -0.15) is 0 Å². The highest BCUT2D eigenvalue weighted by Gasteiger charge is 2.12. The summed E-state index contributed by atoms with van der Waals surface area (Å²) in [6.07, 6.45) is 1.49. The molecule has 6 heteroatoms. The number of aromatic nitrogens is 2. The van der Waals surface area contributed by atoms with E-state index in [4.69, 9.17) is 9.47 Å². The molecular weight excluding hydrogens is 366 g/mol. The Labute approximate surface area is 168 Å². The van der Waals surface area contributed by atoms with Crippen molar-refractivity contribution in [2.45, 2.75) is 13.5 Å². The third-order valence-corrected chi connectivity index (χ3v) is 4.63. The molecule has 146 valence electrons. The van der Waals surface area contributed by atoms with Gasteiger partial charge in [-0.15, -0.1) is 0 Å². The van der Waals surface area contributed by atoms with E-state index < -0.39 is 0 Å². The molecular formula is C23H21N3O3. The zero-order valence-electron chi connectivity index (χ0n) is 16.2. The first kappa shape index (κ1) is 18.6. The second-order valence-electron chi connectivity index (χ2n) is 6.64. The van der Waals surface area contributed by atoms with Gasteiger partial charge in [0.2, 0.25) is 0 Å². The van der Waals surface area contributed by atoms with Gasteiger partial charge in [-0.1, -0.05) is 36.4 Å². The molecule has 0 amide bonds. The van der Waals surface area contributed by atoms with Gasteiger partial charge in [-0.25, -0.2) is 9.97 Å². The van der Waals surface area contributed by atoms with E-state index in [-0.39, 0.29) is 5.75 Å². The van der Waals surface area contributed by atoms with Crippen LogP contribution in [0.4, 0.5) is 11.5 Å². The Morgan fingerprint density at radius 3 is 2.55 bits per heavy atom. The fourth-order valence-corrected chi connectivity index (χ4v) is 3.00. The maximum atomic E-state index is 9.95. The van der Waals surface area contributed by atoms with Crippen LogP contribution in [-0.4, -0.2) is 22.2 Å². The highest BCUT2D eigenvalue weighted by atomic mass is 16.5. The van der Waals surface area contributed by atoms with Crippen LogP contribution in [0.2, 0.25) is 0 Å². The number of benzene rings is 3. The number of rotatable bonds is 6. The molecule has 0 spiro atoms. The molecule has 4 rings (SSSR count). The van der Waals surface area contributed by atoms with Crippen molar-refractivity contribution in [1.82, 2.24) is 9.97 Å². The largest absolute Gasteiger partial charge is 0.508 e. The number of nitrogens with zero attached hydrogens (tertiary/aromatic N) is 2. The molecule has 0 atom stereocenters. The van der Waals surface area contributed by atoms with Crippen molar-refractivity contribution in [2.75, 3.05) is 12.4 Å². The number of phenolic OH excluding ortho intramolecular Hbond substituents is 1. The maximum absolute atomic E-state index is 9.95. The van der Waals surface area contributed by atoms with E-state index in [0.717, 1.165) is 27.7 Å². The molecule has 6 nitrogen and oxygen atoms in total. The van der Waals surface area contributed by atoms with E-state index in [9.17, 15) is 5.11 Å². The number of aryl methyl sites for hydroxylation is 1. The molecule has 0 saturated carbocycles. The molecule has 0 saturated heterocycles. The predicted octanol–water partition coefficient (Wildman–Crippen LogP) is 4.98. The van der Waals surface area contributed by atoms with E-state index in [1.807, 2.05) is 61.5 Å². The number of ether oxygens (including phenoxy) is 2. The van der Waals surface area contributed by atoms with Crippen LogP contribution in [0.15, 0.2) is 67.0 Å². The average molecular weight is 387 g/mol. The number of hydrogen-bond donors (Lipinski definition) is 2.